The highest BCUT2D eigenvalue weighted by Gasteiger charge is 2.20. The van der Waals surface area contributed by atoms with Crippen LogP contribution in [-0.2, 0) is 4.79 Å². The van der Waals surface area contributed by atoms with Crippen molar-refractivity contribution in [2.45, 2.75) is 11.8 Å². The molecule has 4 heteroatoms. The second kappa shape index (κ2) is 3.61. The van der Waals surface area contributed by atoms with Gasteiger partial charge >= 0.3 is 0 Å². The van der Waals surface area contributed by atoms with Gasteiger partial charge in [-0.3, -0.25) is 4.79 Å². The van der Waals surface area contributed by atoms with Crippen molar-refractivity contribution < 1.29 is 9.18 Å². The molecule has 0 saturated carbocycles. The van der Waals surface area contributed by atoms with Crippen molar-refractivity contribution in [2.24, 2.45) is 5.92 Å². The summed E-state index contributed by atoms with van der Waals surface area (Å²) < 4.78 is 12.9. The fourth-order valence-electron chi connectivity index (χ4n) is 1.27. The maximum Gasteiger partial charge on any atom is 0.228 e. The maximum absolute atomic E-state index is 12.9. The first kappa shape index (κ1) is 9.52. The summed E-state index contributed by atoms with van der Waals surface area (Å²) in [4.78, 5) is 12.4. The van der Waals surface area contributed by atoms with E-state index in [2.05, 4.69) is 5.32 Å². The van der Waals surface area contributed by atoms with Crippen LogP contribution < -0.4 is 5.32 Å². The van der Waals surface area contributed by atoms with Gasteiger partial charge in [-0.1, -0.05) is 6.92 Å². The minimum absolute atomic E-state index is 0.0320. The topological polar surface area (TPSA) is 29.1 Å². The molecule has 0 fully saturated rings. The first-order valence-electron chi connectivity index (χ1n) is 4.40. The fourth-order valence-corrected chi connectivity index (χ4v) is 2.28. The molecule has 1 amide bonds. The van der Waals surface area contributed by atoms with Gasteiger partial charge in [0.05, 0.1) is 5.69 Å². The monoisotopic (exact) mass is 211 g/mol. The summed E-state index contributed by atoms with van der Waals surface area (Å²) in [5.74, 6) is 0.348. The van der Waals surface area contributed by atoms with Crippen LogP contribution >= 0.6 is 11.8 Å². The lowest BCUT2D eigenvalue weighted by Crippen LogP contribution is -2.20. The van der Waals surface area contributed by atoms with Gasteiger partial charge in [0.25, 0.3) is 0 Å². The van der Waals surface area contributed by atoms with Gasteiger partial charge in [-0.15, -0.1) is 11.8 Å². The molecule has 1 aliphatic heterocycles. The van der Waals surface area contributed by atoms with Gasteiger partial charge < -0.3 is 5.32 Å². The Hall–Kier alpha value is -1.03. The number of fused-ring (bicyclic) bond motifs is 1. The van der Waals surface area contributed by atoms with Crippen LogP contribution in [0.3, 0.4) is 0 Å². The van der Waals surface area contributed by atoms with Crippen LogP contribution in [0.5, 0.6) is 0 Å². The number of halogens is 1. The molecule has 2 nitrogen and oxygen atoms in total. The summed E-state index contributed by atoms with van der Waals surface area (Å²) in [7, 11) is 0. The molecule has 1 atom stereocenters. The molecule has 0 spiro atoms. The summed E-state index contributed by atoms with van der Waals surface area (Å²) in [5.41, 5.74) is 0.587. The van der Waals surface area contributed by atoms with Gasteiger partial charge in [-0.25, -0.2) is 4.39 Å². The Morgan fingerprint density at radius 3 is 3.14 bits per heavy atom. The Bertz CT molecular complexity index is 380. The summed E-state index contributed by atoms with van der Waals surface area (Å²) in [6.07, 6.45) is 0. The quantitative estimate of drug-likeness (QED) is 0.714. The largest absolute Gasteiger partial charge is 0.325 e. The van der Waals surface area contributed by atoms with E-state index >= 15 is 0 Å². The van der Waals surface area contributed by atoms with Crippen LogP contribution in [0, 0.1) is 11.7 Å². The number of nitrogens with one attached hydrogen (secondary N) is 1. The van der Waals surface area contributed by atoms with E-state index in [1.165, 1.54) is 12.1 Å². The first-order chi connectivity index (χ1) is 6.66. The normalized spacial score (nSPS) is 21.0. The number of thioether (sulfide) groups is 1. The highest BCUT2D eigenvalue weighted by Crippen LogP contribution is 2.32. The Balaban J connectivity index is 2.38. The van der Waals surface area contributed by atoms with Crippen LogP contribution in [0.2, 0.25) is 0 Å². The summed E-state index contributed by atoms with van der Waals surface area (Å²) in [5, 5.41) is 2.71. The van der Waals surface area contributed by atoms with E-state index in [-0.39, 0.29) is 17.6 Å². The predicted molar refractivity (Wildman–Crippen MR) is 54.9 cm³/mol. The Kier molecular flexibility index (Phi) is 2.46. The highest BCUT2D eigenvalue weighted by molar-refractivity contribution is 7.99. The van der Waals surface area contributed by atoms with E-state index in [0.717, 1.165) is 10.6 Å². The summed E-state index contributed by atoms with van der Waals surface area (Å²) in [6, 6.07) is 4.47. The molecule has 1 aliphatic rings. The second-order valence-corrected chi connectivity index (χ2v) is 4.40. The van der Waals surface area contributed by atoms with E-state index in [0.29, 0.717) is 5.69 Å². The van der Waals surface area contributed by atoms with Crippen molar-refractivity contribution in [3.63, 3.8) is 0 Å². The summed E-state index contributed by atoms with van der Waals surface area (Å²) >= 11 is 1.58. The predicted octanol–water partition coefficient (Wildman–Crippen LogP) is 2.51. The molecule has 0 radical (unpaired) electrons. The average Bonchev–Trinajstić information content (AvgIpc) is 2.27. The molecule has 1 N–H and O–H groups in total. The van der Waals surface area contributed by atoms with E-state index in [4.69, 9.17) is 0 Å². The smallest absolute Gasteiger partial charge is 0.228 e. The SMILES string of the molecule is CC1CSc2ccc(F)cc2NC1=O. The van der Waals surface area contributed by atoms with Crippen molar-refractivity contribution in [3.05, 3.63) is 24.0 Å². The molecule has 1 unspecified atom stereocenters. The number of hydrogen-bond acceptors (Lipinski definition) is 2. The third-order valence-corrected chi connectivity index (χ3v) is 3.47. The maximum atomic E-state index is 12.9. The lowest BCUT2D eigenvalue weighted by atomic mass is 10.2. The number of benzene rings is 1. The van der Waals surface area contributed by atoms with Crippen LogP contribution in [0.4, 0.5) is 10.1 Å². The van der Waals surface area contributed by atoms with E-state index in [1.54, 1.807) is 17.8 Å². The van der Waals surface area contributed by atoms with Gasteiger partial charge in [0.2, 0.25) is 5.91 Å². The Morgan fingerprint density at radius 2 is 2.36 bits per heavy atom. The zero-order valence-corrected chi connectivity index (χ0v) is 8.53. The number of carbonyl (C=O) groups excluding carboxylic acids is 1. The summed E-state index contributed by atoms with van der Waals surface area (Å²) in [6.45, 7) is 1.87. The van der Waals surface area contributed by atoms with Gasteiger partial charge in [0.15, 0.2) is 0 Å². The van der Waals surface area contributed by atoms with Gasteiger partial charge in [0.1, 0.15) is 5.82 Å². The first-order valence-corrected chi connectivity index (χ1v) is 5.38. The molecule has 0 saturated heterocycles. The van der Waals surface area contributed by atoms with Crippen molar-refractivity contribution in [2.75, 3.05) is 11.1 Å². The van der Waals surface area contributed by atoms with Gasteiger partial charge in [-0.05, 0) is 18.2 Å². The minimum atomic E-state index is -0.320. The molecular weight excluding hydrogens is 201 g/mol. The lowest BCUT2D eigenvalue weighted by molar-refractivity contribution is -0.118. The van der Waals surface area contributed by atoms with Gasteiger partial charge in [-0.2, -0.15) is 0 Å². The Morgan fingerprint density at radius 1 is 1.57 bits per heavy atom. The van der Waals surface area contributed by atoms with Crippen molar-refractivity contribution >= 4 is 23.4 Å². The lowest BCUT2D eigenvalue weighted by Gasteiger charge is -2.05. The van der Waals surface area contributed by atoms with E-state index in [9.17, 15) is 9.18 Å². The molecule has 0 aromatic heterocycles. The van der Waals surface area contributed by atoms with Crippen LogP contribution in [0.15, 0.2) is 23.1 Å². The minimum Gasteiger partial charge on any atom is -0.325 e. The molecule has 14 heavy (non-hydrogen) atoms. The zero-order valence-electron chi connectivity index (χ0n) is 7.71. The molecule has 74 valence electrons. The molecule has 0 bridgehead atoms. The number of anilines is 1. The van der Waals surface area contributed by atoms with Crippen molar-refractivity contribution in [1.29, 1.82) is 0 Å². The van der Waals surface area contributed by atoms with Crippen molar-refractivity contribution in [3.8, 4) is 0 Å². The zero-order chi connectivity index (χ0) is 10.1. The molecule has 1 heterocycles. The number of amides is 1. The molecule has 1 aromatic rings. The van der Waals surface area contributed by atoms with Crippen LogP contribution in [-0.4, -0.2) is 11.7 Å². The fraction of sp³-hybridized carbons (Fsp3) is 0.300. The van der Waals surface area contributed by atoms with Crippen LogP contribution in [0.25, 0.3) is 0 Å². The third-order valence-electron chi connectivity index (χ3n) is 2.14. The third kappa shape index (κ3) is 1.75. The standard InChI is InChI=1S/C10H10FNOS/c1-6-5-14-9-3-2-7(11)4-8(9)12-10(6)13/h2-4,6H,5H2,1H3,(H,12,13). The molecular formula is C10H10FNOS. The average molecular weight is 211 g/mol. The molecule has 1 aromatic carbocycles. The Labute approximate surface area is 85.9 Å². The highest BCUT2D eigenvalue weighted by atomic mass is 32.2. The van der Waals surface area contributed by atoms with Crippen LogP contribution in [0.1, 0.15) is 6.92 Å². The second-order valence-electron chi connectivity index (χ2n) is 3.34. The molecule has 2 rings (SSSR count). The molecule has 0 aliphatic carbocycles. The van der Waals surface area contributed by atoms with E-state index < -0.39 is 0 Å². The number of rotatable bonds is 0. The number of carbonyl (C=O) groups is 1. The van der Waals surface area contributed by atoms with Crippen molar-refractivity contribution in [1.82, 2.24) is 0 Å². The van der Waals surface area contributed by atoms with E-state index in [1.807, 2.05) is 6.92 Å². The number of hydrogen-bond donors (Lipinski definition) is 1. The van der Waals surface area contributed by atoms with Gasteiger partial charge in [0, 0.05) is 16.6 Å².